The van der Waals surface area contributed by atoms with E-state index in [0.717, 1.165) is 28.2 Å². The highest BCUT2D eigenvalue weighted by atomic mass is 32.1. The molecule has 0 saturated carbocycles. The molecule has 0 aromatic carbocycles. The minimum Gasteiger partial charge on any atom is -0.469 e. The van der Waals surface area contributed by atoms with Crippen molar-refractivity contribution in [2.75, 3.05) is 7.11 Å². The van der Waals surface area contributed by atoms with Crippen LogP contribution in [0.2, 0.25) is 0 Å². The van der Waals surface area contributed by atoms with Gasteiger partial charge in [-0.25, -0.2) is 4.79 Å². The van der Waals surface area contributed by atoms with E-state index in [1.165, 1.54) is 18.4 Å². The number of nitrogens with zero attached hydrogens (tertiary/aromatic N) is 1. The quantitative estimate of drug-likeness (QED) is 0.282. The molecule has 10 heteroatoms. The van der Waals surface area contributed by atoms with E-state index in [1.807, 2.05) is 56.8 Å². The molecule has 3 rings (SSSR count). The summed E-state index contributed by atoms with van der Waals surface area (Å²) in [6, 6.07) is 8.14. The summed E-state index contributed by atoms with van der Waals surface area (Å²) >= 11 is 4.70. The summed E-state index contributed by atoms with van der Waals surface area (Å²) in [5, 5.41) is 13.5. The van der Waals surface area contributed by atoms with Gasteiger partial charge in [0, 0.05) is 9.75 Å². The van der Waals surface area contributed by atoms with Crippen LogP contribution in [0.25, 0.3) is 0 Å². The van der Waals surface area contributed by atoms with Crippen LogP contribution in [-0.4, -0.2) is 36.0 Å². The molecule has 0 fully saturated rings. The summed E-state index contributed by atoms with van der Waals surface area (Å²) in [6.07, 6.45) is 2.26. The summed E-state index contributed by atoms with van der Waals surface area (Å²) in [6.45, 7) is 3.03. The first-order chi connectivity index (χ1) is 17.0. The second-order valence-corrected chi connectivity index (χ2v) is 10.9. The molecule has 0 bridgehead atoms. The van der Waals surface area contributed by atoms with Crippen LogP contribution in [0.4, 0.5) is 4.79 Å². The van der Waals surface area contributed by atoms with Gasteiger partial charge < -0.3 is 20.3 Å². The molecule has 2 N–H and O–H groups in total. The largest absolute Gasteiger partial charge is 0.469 e. The third kappa shape index (κ3) is 8.48. The zero-order valence-corrected chi connectivity index (χ0v) is 22.3. The van der Waals surface area contributed by atoms with Crippen LogP contribution >= 0.6 is 34.0 Å². The molecule has 3 heterocycles. The molecule has 7 nitrogen and oxygen atoms in total. The standard InChI is InChI=1S/C25H31N3O4S3/c1-3-4-9-21(26-25(31)27-22(14-23(29)32-2)18-10-13-33-17-18)24(30)28(15-19-7-5-11-34-19)16-20-8-6-12-35-20/h5-8,10-13,17,21-22H,3-4,9,14-16H2,1-2H3,(H2,26,27,31)/t21-,22?/m0/s1. The zero-order chi connectivity index (χ0) is 25.0. The highest BCUT2D eigenvalue weighted by molar-refractivity contribution is 7.10. The van der Waals surface area contributed by atoms with Gasteiger partial charge in [-0.05, 0) is 51.7 Å². The second-order valence-electron chi connectivity index (χ2n) is 8.06. The van der Waals surface area contributed by atoms with E-state index in [0.29, 0.717) is 19.5 Å². The smallest absolute Gasteiger partial charge is 0.315 e. The van der Waals surface area contributed by atoms with Crippen molar-refractivity contribution in [2.45, 2.75) is 57.8 Å². The number of nitrogens with one attached hydrogen (secondary N) is 2. The van der Waals surface area contributed by atoms with Crippen molar-refractivity contribution in [1.82, 2.24) is 15.5 Å². The fourth-order valence-corrected chi connectivity index (χ4v) is 5.77. The van der Waals surface area contributed by atoms with Gasteiger partial charge in [-0.15, -0.1) is 22.7 Å². The lowest BCUT2D eigenvalue weighted by atomic mass is 10.1. The number of carbonyl (C=O) groups is 3. The van der Waals surface area contributed by atoms with E-state index >= 15 is 0 Å². The molecule has 35 heavy (non-hydrogen) atoms. The number of unbranched alkanes of at least 4 members (excludes halogenated alkanes) is 1. The van der Waals surface area contributed by atoms with Crippen molar-refractivity contribution in [1.29, 1.82) is 0 Å². The number of amides is 3. The van der Waals surface area contributed by atoms with Crippen molar-refractivity contribution in [3.8, 4) is 0 Å². The molecular formula is C25H31N3O4S3. The maximum atomic E-state index is 13.7. The van der Waals surface area contributed by atoms with E-state index in [2.05, 4.69) is 17.6 Å². The third-order valence-electron chi connectivity index (χ3n) is 5.46. The van der Waals surface area contributed by atoms with Crippen LogP contribution in [0.1, 0.15) is 54.0 Å². The molecule has 0 aliphatic heterocycles. The Bertz CT molecular complexity index is 1000. The van der Waals surface area contributed by atoms with Crippen molar-refractivity contribution >= 4 is 51.9 Å². The van der Waals surface area contributed by atoms with Gasteiger partial charge in [0.15, 0.2) is 0 Å². The summed E-state index contributed by atoms with van der Waals surface area (Å²) in [4.78, 5) is 42.6. The van der Waals surface area contributed by atoms with Crippen molar-refractivity contribution in [3.05, 3.63) is 67.2 Å². The Hall–Kier alpha value is -2.69. The Balaban J connectivity index is 1.74. The van der Waals surface area contributed by atoms with Crippen molar-refractivity contribution in [2.24, 2.45) is 0 Å². The number of methoxy groups -OCH3 is 1. The van der Waals surface area contributed by atoms with Crippen LogP contribution in [0.3, 0.4) is 0 Å². The Morgan fingerprint density at radius 2 is 1.69 bits per heavy atom. The van der Waals surface area contributed by atoms with Gasteiger partial charge in [0.25, 0.3) is 0 Å². The number of urea groups is 1. The minimum absolute atomic E-state index is 0.0110. The van der Waals surface area contributed by atoms with E-state index < -0.39 is 24.1 Å². The molecular weight excluding hydrogens is 502 g/mol. The number of ether oxygens (including phenoxy) is 1. The summed E-state index contributed by atoms with van der Waals surface area (Å²) < 4.78 is 4.80. The third-order valence-corrected chi connectivity index (χ3v) is 7.89. The van der Waals surface area contributed by atoms with Crippen LogP contribution in [0.5, 0.6) is 0 Å². The minimum atomic E-state index is -0.670. The number of esters is 1. The summed E-state index contributed by atoms with van der Waals surface area (Å²) in [5.74, 6) is -0.534. The highest BCUT2D eigenvalue weighted by Crippen LogP contribution is 2.21. The first-order valence-electron chi connectivity index (χ1n) is 11.5. The molecule has 188 valence electrons. The molecule has 0 aliphatic rings. The number of hydrogen-bond acceptors (Lipinski definition) is 7. The summed E-state index contributed by atoms with van der Waals surface area (Å²) in [5.41, 5.74) is 0.823. The summed E-state index contributed by atoms with van der Waals surface area (Å²) in [7, 11) is 1.32. The average molecular weight is 534 g/mol. The molecule has 3 aromatic heterocycles. The maximum Gasteiger partial charge on any atom is 0.315 e. The second kappa shape index (κ2) is 14.0. The number of hydrogen-bond donors (Lipinski definition) is 2. The van der Waals surface area contributed by atoms with Gasteiger partial charge in [-0.2, -0.15) is 11.3 Å². The molecule has 0 aliphatic carbocycles. The topological polar surface area (TPSA) is 87.7 Å². The van der Waals surface area contributed by atoms with Gasteiger partial charge in [-0.1, -0.05) is 31.9 Å². The van der Waals surface area contributed by atoms with Crippen molar-refractivity contribution < 1.29 is 19.1 Å². The Morgan fingerprint density at radius 3 is 2.20 bits per heavy atom. The lowest BCUT2D eigenvalue weighted by Crippen LogP contribution is -2.51. The Morgan fingerprint density at radius 1 is 1.00 bits per heavy atom. The Kier molecular flexibility index (Phi) is 10.8. The predicted molar refractivity (Wildman–Crippen MR) is 142 cm³/mol. The number of carbonyl (C=O) groups excluding carboxylic acids is 3. The van der Waals surface area contributed by atoms with Crippen LogP contribution in [0, 0.1) is 0 Å². The lowest BCUT2D eigenvalue weighted by molar-refractivity contribution is -0.141. The Labute approximate surface area is 218 Å². The van der Waals surface area contributed by atoms with Gasteiger partial charge in [-0.3, -0.25) is 9.59 Å². The van der Waals surface area contributed by atoms with E-state index in [4.69, 9.17) is 4.74 Å². The van der Waals surface area contributed by atoms with Gasteiger partial charge >= 0.3 is 12.0 Å². The SMILES string of the molecule is CCCC[C@H](NC(=O)NC(CC(=O)OC)c1ccsc1)C(=O)N(Cc1cccs1)Cc1cccs1. The first kappa shape index (κ1) is 26.9. The van der Waals surface area contributed by atoms with Gasteiger partial charge in [0.1, 0.15) is 6.04 Å². The van der Waals surface area contributed by atoms with Crippen molar-refractivity contribution in [3.63, 3.8) is 0 Å². The van der Waals surface area contributed by atoms with Crippen LogP contribution in [0.15, 0.2) is 51.9 Å². The average Bonchev–Trinajstić information content (AvgIpc) is 3.64. The zero-order valence-electron chi connectivity index (χ0n) is 19.9. The van der Waals surface area contributed by atoms with Crippen LogP contribution < -0.4 is 10.6 Å². The van der Waals surface area contributed by atoms with E-state index in [1.54, 1.807) is 22.7 Å². The molecule has 1 unspecified atom stereocenters. The van der Waals surface area contributed by atoms with E-state index in [9.17, 15) is 14.4 Å². The molecule has 2 atom stereocenters. The monoisotopic (exact) mass is 533 g/mol. The highest BCUT2D eigenvalue weighted by Gasteiger charge is 2.28. The fourth-order valence-electron chi connectivity index (χ4n) is 3.61. The van der Waals surface area contributed by atoms with E-state index in [-0.39, 0.29) is 12.3 Å². The molecule has 3 amide bonds. The molecule has 0 saturated heterocycles. The molecule has 3 aromatic rings. The maximum absolute atomic E-state index is 13.7. The molecule has 0 radical (unpaired) electrons. The van der Waals surface area contributed by atoms with Crippen LogP contribution in [-0.2, 0) is 27.4 Å². The number of thiophene rings is 3. The van der Waals surface area contributed by atoms with Gasteiger partial charge in [0.2, 0.25) is 5.91 Å². The predicted octanol–water partition coefficient (Wildman–Crippen LogP) is 5.56. The van der Waals surface area contributed by atoms with Gasteiger partial charge in [0.05, 0.1) is 32.7 Å². The first-order valence-corrected chi connectivity index (χ1v) is 14.2. The molecule has 0 spiro atoms. The lowest BCUT2D eigenvalue weighted by Gasteiger charge is -2.28. The number of rotatable bonds is 13. The fraction of sp³-hybridized carbons (Fsp3) is 0.400. The normalized spacial score (nSPS) is 12.5.